The number of carbonyl (C=O) groups excluding carboxylic acids is 1. The minimum Gasteiger partial charge on any atom is -0.322 e. The van der Waals surface area contributed by atoms with Crippen molar-refractivity contribution in [3.05, 3.63) is 58.1 Å². The van der Waals surface area contributed by atoms with Crippen molar-refractivity contribution in [3.8, 4) is 0 Å². The number of hydrogen-bond donors (Lipinski definition) is 1. The lowest BCUT2D eigenvalue weighted by molar-refractivity contribution is -0.137. The number of sulfonamides is 1. The molecule has 1 heterocycles. The number of halogens is 4. The molecular formula is C18H16ClF3N2O3S. The Morgan fingerprint density at radius 1 is 1.21 bits per heavy atom. The fourth-order valence-corrected chi connectivity index (χ4v) is 4.76. The molecule has 2 aromatic rings. The van der Waals surface area contributed by atoms with E-state index in [1.54, 1.807) is 13.0 Å². The summed E-state index contributed by atoms with van der Waals surface area (Å²) in [5, 5.41) is 1.95. The molecule has 28 heavy (non-hydrogen) atoms. The van der Waals surface area contributed by atoms with Crippen LogP contribution in [0.25, 0.3) is 0 Å². The zero-order valence-electron chi connectivity index (χ0n) is 14.8. The van der Waals surface area contributed by atoms with Gasteiger partial charge in [-0.2, -0.15) is 13.2 Å². The lowest BCUT2D eigenvalue weighted by Gasteiger charge is -2.21. The van der Waals surface area contributed by atoms with Crippen molar-refractivity contribution >= 4 is 38.9 Å². The van der Waals surface area contributed by atoms with Crippen LogP contribution < -0.4 is 9.62 Å². The van der Waals surface area contributed by atoms with Gasteiger partial charge in [-0.15, -0.1) is 0 Å². The van der Waals surface area contributed by atoms with E-state index in [0.717, 1.165) is 18.4 Å². The predicted octanol–water partition coefficient (Wildman–Crippen LogP) is 4.32. The van der Waals surface area contributed by atoms with Crippen LogP contribution in [-0.4, -0.2) is 26.6 Å². The molecule has 0 aromatic heterocycles. The molecule has 0 saturated heterocycles. The number of nitrogens with zero attached hydrogens (tertiary/aromatic N) is 1. The van der Waals surface area contributed by atoms with Gasteiger partial charge in [0, 0.05) is 17.3 Å². The van der Waals surface area contributed by atoms with E-state index in [0.29, 0.717) is 17.7 Å². The molecular weight excluding hydrogens is 417 g/mol. The van der Waals surface area contributed by atoms with Crippen LogP contribution in [0.15, 0.2) is 36.4 Å². The Morgan fingerprint density at radius 2 is 1.89 bits per heavy atom. The van der Waals surface area contributed by atoms with Crippen molar-refractivity contribution in [3.63, 3.8) is 0 Å². The third-order valence-corrected chi connectivity index (χ3v) is 5.98. The molecule has 5 nitrogen and oxygen atoms in total. The average molecular weight is 433 g/mol. The van der Waals surface area contributed by atoms with Crippen LogP contribution in [-0.2, 0) is 22.6 Å². The van der Waals surface area contributed by atoms with E-state index in [4.69, 9.17) is 11.6 Å². The number of fused-ring (bicyclic) bond motifs is 1. The molecule has 3 rings (SSSR count). The van der Waals surface area contributed by atoms with Crippen LogP contribution in [0.1, 0.15) is 28.4 Å². The Morgan fingerprint density at radius 3 is 2.50 bits per heavy atom. The molecule has 1 amide bonds. The Hall–Kier alpha value is -2.26. The van der Waals surface area contributed by atoms with Gasteiger partial charge in [0.1, 0.15) is 0 Å². The van der Waals surface area contributed by atoms with Crippen molar-refractivity contribution in [2.75, 3.05) is 15.9 Å². The maximum atomic E-state index is 13.0. The molecule has 2 aromatic carbocycles. The van der Waals surface area contributed by atoms with Gasteiger partial charge in [-0.25, -0.2) is 8.42 Å². The maximum absolute atomic E-state index is 13.0. The second-order valence-electron chi connectivity index (χ2n) is 6.60. The molecule has 0 radical (unpaired) electrons. The zero-order chi connectivity index (χ0) is 20.9. The second-order valence-corrected chi connectivity index (χ2v) is 8.87. The number of carbonyl (C=O) groups is 1. The van der Waals surface area contributed by atoms with E-state index in [-0.39, 0.29) is 17.3 Å². The summed E-state index contributed by atoms with van der Waals surface area (Å²) >= 11 is 5.58. The quantitative estimate of drug-likeness (QED) is 0.785. The highest BCUT2D eigenvalue weighted by molar-refractivity contribution is 7.92. The summed E-state index contributed by atoms with van der Waals surface area (Å²) in [6.45, 7) is 1.76. The minimum absolute atomic E-state index is 0.0478. The fraction of sp³-hybridized carbons (Fsp3) is 0.278. The summed E-state index contributed by atoms with van der Waals surface area (Å²) in [6.07, 6.45) is -3.10. The maximum Gasteiger partial charge on any atom is 0.417 e. The smallest absolute Gasteiger partial charge is 0.322 e. The molecule has 1 N–H and O–H groups in total. The van der Waals surface area contributed by atoms with Crippen molar-refractivity contribution < 1.29 is 26.4 Å². The zero-order valence-corrected chi connectivity index (χ0v) is 16.4. The van der Waals surface area contributed by atoms with E-state index < -0.39 is 32.7 Å². The van der Waals surface area contributed by atoms with E-state index in [1.165, 1.54) is 22.5 Å². The van der Waals surface area contributed by atoms with Crippen molar-refractivity contribution in [2.45, 2.75) is 25.6 Å². The second kappa shape index (κ2) is 6.97. The molecule has 150 valence electrons. The minimum atomic E-state index is -4.64. The molecule has 1 aliphatic rings. The summed E-state index contributed by atoms with van der Waals surface area (Å²) in [5.41, 5.74) is 0.298. The van der Waals surface area contributed by atoms with Gasteiger partial charge in [-0.1, -0.05) is 11.6 Å². The Labute approximate surface area is 165 Å². The van der Waals surface area contributed by atoms with Gasteiger partial charge in [-0.3, -0.25) is 9.10 Å². The van der Waals surface area contributed by atoms with E-state index in [1.807, 2.05) is 0 Å². The Kier molecular flexibility index (Phi) is 5.09. The summed E-state index contributed by atoms with van der Waals surface area (Å²) < 4.78 is 64.1. The van der Waals surface area contributed by atoms with Gasteiger partial charge in [0.15, 0.2) is 0 Å². The number of alkyl halides is 3. The first-order chi connectivity index (χ1) is 12.9. The molecule has 0 aliphatic carbocycles. The number of amides is 1. The third-order valence-electron chi connectivity index (χ3n) is 4.38. The van der Waals surface area contributed by atoms with Gasteiger partial charge in [0.05, 0.1) is 22.5 Å². The van der Waals surface area contributed by atoms with E-state index >= 15 is 0 Å². The number of nitrogens with one attached hydrogen (secondary N) is 1. The molecule has 0 saturated carbocycles. The number of hydrogen-bond acceptors (Lipinski definition) is 3. The summed E-state index contributed by atoms with van der Waals surface area (Å²) in [4.78, 5) is 12.5. The van der Waals surface area contributed by atoms with Crippen LogP contribution >= 0.6 is 11.6 Å². The molecule has 1 atom stereocenters. The van der Waals surface area contributed by atoms with Gasteiger partial charge >= 0.3 is 6.18 Å². The molecule has 0 fully saturated rings. The van der Waals surface area contributed by atoms with Crippen LogP contribution in [0.3, 0.4) is 0 Å². The van der Waals surface area contributed by atoms with Crippen LogP contribution in [0.4, 0.5) is 24.5 Å². The normalized spacial score (nSPS) is 16.8. The highest BCUT2D eigenvalue weighted by Crippen LogP contribution is 2.37. The highest BCUT2D eigenvalue weighted by atomic mass is 35.5. The predicted molar refractivity (Wildman–Crippen MR) is 101 cm³/mol. The van der Waals surface area contributed by atoms with Gasteiger partial charge in [0.25, 0.3) is 5.91 Å². The Bertz CT molecular complexity index is 1050. The molecule has 0 bridgehead atoms. The van der Waals surface area contributed by atoms with E-state index in [2.05, 4.69) is 5.32 Å². The summed E-state index contributed by atoms with van der Waals surface area (Å²) in [6, 6.07) is 7.33. The van der Waals surface area contributed by atoms with Crippen molar-refractivity contribution in [1.29, 1.82) is 0 Å². The number of benzene rings is 2. The highest BCUT2D eigenvalue weighted by Gasteiger charge is 2.34. The monoisotopic (exact) mass is 432 g/mol. The first-order valence-electron chi connectivity index (χ1n) is 8.18. The molecule has 1 aliphatic heterocycles. The average Bonchev–Trinajstić information content (AvgIpc) is 2.90. The third kappa shape index (κ3) is 3.95. The van der Waals surface area contributed by atoms with Crippen molar-refractivity contribution in [1.82, 2.24) is 0 Å². The fourth-order valence-electron chi connectivity index (χ4n) is 3.27. The van der Waals surface area contributed by atoms with Gasteiger partial charge in [-0.05, 0) is 55.3 Å². The lowest BCUT2D eigenvalue weighted by atomic mass is 10.1. The molecule has 0 unspecified atom stereocenters. The summed E-state index contributed by atoms with van der Waals surface area (Å²) in [5.74, 6) is -0.608. The largest absolute Gasteiger partial charge is 0.417 e. The van der Waals surface area contributed by atoms with Gasteiger partial charge < -0.3 is 5.32 Å². The number of anilines is 2. The van der Waals surface area contributed by atoms with Crippen LogP contribution in [0.5, 0.6) is 0 Å². The van der Waals surface area contributed by atoms with Crippen LogP contribution in [0, 0.1) is 0 Å². The van der Waals surface area contributed by atoms with Gasteiger partial charge in [0.2, 0.25) is 10.0 Å². The van der Waals surface area contributed by atoms with Crippen LogP contribution in [0.2, 0.25) is 5.02 Å². The first-order valence-corrected chi connectivity index (χ1v) is 10.4. The summed E-state index contributed by atoms with van der Waals surface area (Å²) in [7, 11) is -3.46. The Balaban J connectivity index is 1.87. The number of rotatable bonds is 3. The standard InChI is InChI=1S/C18H16ClF3N2O3S/c1-10-7-12-8-11(3-6-16(12)24(10)28(2,26)27)17(25)23-13-4-5-15(19)14(9-13)18(20,21)22/h3-6,8-10H,7H2,1-2H3,(H,23,25)/t10-/m1/s1. The SMILES string of the molecule is C[C@@H]1Cc2cc(C(=O)Nc3ccc(Cl)c(C(F)(F)F)c3)ccc2N1S(C)(=O)=O. The lowest BCUT2D eigenvalue weighted by Crippen LogP contribution is -2.34. The molecule has 10 heteroatoms. The van der Waals surface area contributed by atoms with Crippen molar-refractivity contribution in [2.24, 2.45) is 0 Å². The topological polar surface area (TPSA) is 66.5 Å². The molecule has 0 spiro atoms. The first kappa shape index (κ1) is 20.5. The van der Waals surface area contributed by atoms with E-state index in [9.17, 15) is 26.4 Å².